The summed E-state index contributed by atoms with van der Waals surface area (Å²) in [6, 6.07) is 24.4. The first-order valence-corrected chi connectivity index (χ1v) is 12.6. The zero-order valence-corrected chi connectivity index (χ0v) is 20.3. The van der Waals surface area contributed by atoms with E-state index in [1.165, 1.54) is 5.56 Å². The second-order valence-corrected chi connectivity index (χ2v) is 9.68. The first-order chi connectivity index (χ1) is 16.7. The number of aromatic nitrogens is 1. The molecule has 1 aromatic heterocycles. The molecule has 174 valence electrons. The van der Waals surface area contributed by atoms with Gasteiger partial charge in [0.25, 0.3) is 5.91 Å². The second-order valence-electron chi connectivity index (χ2n) is 8.68. The van der Waals surface area contributed by atoms with Gasteiger partial charge in [0.2, 0.25) is 0 Å². The molecule has 0 atom stereocenters. The third-order valence-corrected chi connectivity index (χ3v) is 7.25. The molecule has 1 fully saturated rings. The van der Waals surface area contributed by atoms with Crippen molar-refractivity contribution in [1.29, 1.82) is 0 Å². The molecule has 5 nitrogen and oxygen atoms in total. The Kier molecular flexibility index (Phi) is 7.00. The van der Waals surface area contributed by atoms with Crippen LogP contribution in [0.5, 0.6) is 0 Å². The smallest absolute Gasteiger partial charge is 0.260 e. The van der Waals surface area contributed by atoms with Gasteiger partial charge in [-0.15, -0.1) is 0 Å². The molecule has 4 aromatic rings. The van der Waals surface area contributed by atoms with E-state index < -0.39 is 0 Å². The van der Waals surface area contributed by atoms with Gasteiger partial charge in [-0.2, -0.15) is 0 Å². The fourth-order valence-corrected chi connectivity index (χ4v) is 5.38. The molecule has 2 heterocycles. The number of rotatable bonds is 7. The number of ether oxygens (including phenoxy) is 1. The number of nitrogens with zero attached hydrogens (tertiary/aromatic N) is 3. The van der Waals surface area contributed by atoms with Crippen LogP contribution in [0.3, 0.4) is 0 Å². The van der Waals surface area contributed by atoms with Gasteiger partial charge in [-0.25, -0.2) is 4.98 Å². The summed E-state index contributed by atoms with van der Waals surface area (Å²) in [5, 5.41) is 0.764. The lowest BCUT2D eigenvalue weighted by Gasteiger charge is -2.27. The lowest BCUT2D eigenvalue weighted by atomic mass is 10.0. The molecular weight excluding hydrogens is 442 g/mol. The number of carbonyl (C=O) groups excluding carboxylic acids is 1. The van der Waals surface area contributed by atoms with Crippen molar-refractivity contribution >= 4 is 32.6 Å². The molecule has 1 amide bonds. The zero-order chi connectivity index (χ0) is 23.3. The summed E-state index contributed by atoms with van der Waals surface area (Å²) in [7, 11) is 0. The highest BCUT2D eigenvalue weighted by molar-refractivity contribution is 7.22. The summed E-state index contributed by atoms with van der Waals surface area (Å²) in [6.45, 7) is 7.14. The van der Waals surface area contributed by atoms with Gasteiger partial charge >= 0.3 is 0 Å². The van der Waals surface area contributed by atoms with Crippen LogP contribution >= 0.6 is 11.3 Å². The molecule has 0 unspecified atom stereocenters. The maximum atomic E-state index is 13.7. The van der Waals surface area contributed by atoms with Crippen molar-refractivity contribution in [2.24, 2.45) is 0 Å². The summed E-state index contributed by atoms with van der Waals surface area (Å²) in [5.74, 6) is -0.00244. The SMILES string of the molecule is Cc1ccc2nc(N(CCCN3CCOCC3)C(=O)c3ccc(-c4ccccc4)cc3)sc2c1. The van der Waals surface area contributed by atoms with E-state index in [1.54, 1.807) is 11.3 Å². The lowest BCUT2D eigenvalue weighted by Crippen LogP contribution is -2.39. The lowest BCUT2D eigenvalue weighted by molar-refractivity contribution is 0.0376. The van der Waals surface area contributed by atoms with Crippen LogP contribution < -0.4 is 4.90 Å². The Morgan fingerprint density at radius 2 is 1.74 bits per heavy atom. The first kappa shape index (κ1) is 22.7. The molecule has 1 aliphatic heterocycles. The quantitative estimate of drug-likeness (QED) is 0.350. The van der Waals surface area contributed by atoms with E-state index in [1.807, 2.05) is 53.4 Å². The van der Waals surface area contributed by atoms with Gasteiger partial charge < -0.3 is 4.74 Å². The third-order valence-electron chi connectivity index (χ3n) is 6.21. The average molecular weight is 472 g/mol. The number of morpholine rings is 1. The number of benzene rings is 3. The second kappa shape index (κ2) is 10.5. The largest absolute Gasteiger partial charge is 0.379 e. The summed E-state index contributed by atoms with van der Waals surface area (Å²) in [6.07, 6.45) is 0.892. The predicted octanol–water partition coefficient (Wildman–Crippen LogP) is 5.64. The van der Waals surface area contributed by atoms with Crippen molar-refractivity contribution in [3.8, 4) is 11.1 Å². The Morgan fingerprint density at radius 3 is 2.50 bits per heavy atom. The predicted molar refractivity (Wildman–Crippen MR) is 140 cm³/mol. The van der Waals surface area contributed by atoms with Crippen LogP contribution in [0.1, 0.15) is 22.3 Å². The molecule has 1 saturated heterocycles. The maximum absolute atomic E-state index is 13.7. The summed E-state index contributed by atoms with van der Waals surface area (Å²) in [5.41, 5.74) is 5.07. The number of carbonyl (C=O) groups is 1. The standard InChI is InChI=1S/C28H29N3O2S/c1-21-8-13-25-26(20-21)34-28(29-25)31(15-5-14-30-16-18-33-19-17-30)27(32)24-11-9-23(10-12-24)22-6-3-2-4-7-22/h2-4,6-13,20H,5,14-19H2,1H3. The van der Waals surface area contributed by atoms with Crippen molar-refractivity contribution in [1.82, 2.24) is 9.88 Å². The van der Waals surface area contributed by atoms with Gasteiger partial charge in [-0.3, -0.25) is 14.6 Å². The highest BCUT2D eigenvalue weighted by Gasteiger charge is 2.22. The molecule has 0 aliphatic carbocycles. The van der Waals surface area contributed by atoms with Crippen molar-refractivity contribution in [3.63, 3.8) is 0 Å². The molecule has 34 heavy (non-hydrogen) atoms. The normalized spacial score (nSPS) is 14.4. The van der Waals surface area contributed by atoms with Gasteiger partial charge in [0.1, 0.15) is 0 Å². The Labute approximate surface area is 204 Å². The van der Waals surface area contributed by atoms with Gasteiger partial charge in [-0.1, -0.05) is 59.9 Å². The van der Waals surface area contributed by atoms with E-state index in [4.69, 9.17) is 9.72 Å². The summed E-state index contributed by atoms with van der Waals surface area (Å²) >= 11 is 1.59. The molecule has 5 rings (SSSR count). The van der Waals surface area contributed by atoms with Crippen LogP contribution in [0.2, 0.25) is 0 Å². The fraction of sp³-hybridized carbons (Fsp3) is 0.286. The Balaban J connectivity index is 1.38. The minimum atomic E-state index is -0.00244. The number of anilines is 1. The molecule has 0 bridgehead atoms. The average Bonchev–Trinajstić information content (AvgIpc) is 3.30. The van der Waals surface area contributed by atoms with E-state index in [-0.39, 0.29) is 5.91 Å². The number of aryl methyl sites for hydroxylation is 1. The van der Waals surface area contributed by atoms with Crippen molar-refractivity contribution in [2.75, 3.05) is 44.3 Å². The van der Waals surface area contributed by atoms with Crippen LogP contribution in [0, 0.1) is 6.92 Å². The van der Waals surface area contributed by atoms with Crippen LogP contribution in [-0.4, -0.2) is 55.2 Å². The number of hydrogen-bond acceptors (Lipinski definition) is 5. The minimum Gasteiger partial charge on any atom is -0.379 e. The Bertz CT molecular complexity index is 1250. The number of thiazole rings is 1. The van der Waals surface area contributed by atoms with Crippen LogP contribution in [0.25, 0.3) is 21.3 Å². The summed E-state index contributed by atoms with van der Waals surface area (Å²) < 4.78 is 6.57. The molecule has 0 radical (unpaired) electrons. The Hall–Kier alpha value is -3.06. The topological polar surface area (TPSA) is 45.7 Å². The highest BCUT2D eigenvalue weighted by atomic mass is 32.1. The van der Waals surface area contributed by atoms with Crippen LogP contribution in [0.4, 0.5) is 5.13 Å². The molecule has 1 aliphatic rings. The number of fused-ring (bicyclic) bond motifs is 1. The number of hydrogen-bond donors (Lipinski definition) is 0. The fourth-order valence-electron chi connectivity index (χ4n) is 4.29. The first-order valence-electron chi connectivity index (χ1n) is 11.8. The van der Waals surface area contributed by atoms with Crippen molar-refractivity contribution in [3.05, 3.63) is 83.9 Å². The molecule has 0 saturated carbocycles. The highest BCUT2D eigenvalue weighted by Crippen LogP contribution is 2.31. The van der Waals surface area contributed by atoms with E-state index in [2.05, 4.69) is 36.1 Å². The van der Waals surface area contributed by atoms with Crippen molar-refractivity contribution in [2.45, 2.75) is 13.3 Å². The van der Waals surface area contributed by atoms with E-state index >= 15 is 0 Å². The molecule has 6 heteroatoms. The Morgan fingerprint density at radius 1 is 1.00 bits per heavy atom. The van der Waals surface area contributed by atoms with E-state index in [9.17, 15) is 4.79 Å². The van der Waals surface area contributed by atoms with Crippen LogP contribution in [0.15, 0.2) is 72.8 Å². The minimum absolute atomic E-state index is 0.00244. The summed E-state index contributed by atoms with van der Waals surface area (Å²) in [4.78, 5) is 22.8. The number of amides is 1. The molecular formula is C28H29N3O2S. The molecule has 0 N–H and O–H groups in total. The molecule has 0 spiro atoms. The zero-order valence-electron chi connectivity index (χ0n) is 19.4. The van der Waals surface area contributed by atoms with Gasteiger partial charge in [0, 0.05) is 31.7 Å². The van der Waals surface area contributed by atoms with E-state index in [0.717, 1.165) is 65.7 Å². The van der Waals surface area contributed by atoms with E-state index in [0.29, 0.717) is 12.1 Å². The van der Waals surface area contributed by atoms with Gasteiger partial charge in [-0.05, 0) is 54.3 Å². The van der Waals surface area contributed by atoms with Crippen LogP contribution in [-0.2, 0) is 4.74 Å². The monoisotopic (exact) mass is 471 g/mol. The maximum Gasteiger partial charge on any atom is 0.260 e. The van der Waals surface area contributed by atoms with Crippen molar-refractivity contribution < 1.29 is 9.53 Å². The van der Waals surface area contributed by atoms with Gasteiger partial charge in [0.05, 0.1) is 23.4 Å². The molecule has 3 aromatic carbocycles. The van der Waals surface area contributed by atoms with Gasteiger partial charge in [0.15, 0.2) is 5.13 Å². The third kappa shape index (κ3) is 5.20.